The van der Waals surface area contributed by atoms with E-state index in [0.29, 0.717) is 6.42 Å². The molecule has 88 valence electrons. The van der Waals surface area contributed by atoms with Crippen LogP contribution in [0.3, 0.4) is 0 Å². The van der Waals surface area contributed by atoms with Gasteiger partial charge in [0.05, 0.1) is 0 Å². The standard InChI is InChI=1S/C14H15NO2/c16-14(17)10-4-8-13-9-5-11-15(13)12-6-2-1-3-7-12/h1-3,5-7,9,11H,4,8,10H2,(H,16,17). The summed E-state index contributed by atoms with van der Waals surface area (Å²) >= 11 is 0. The second-order valence-corrected chi connectivity index (χ2v) is 3.95. The molecule has 0 spiro atoms. The number of hydrogen-bond donors (Lipinski definition) is 1. The molecule has 0 atom stereocenters. The number of carboxylic acids is 1. The number of aromatic nitrogens is 1. The number of aryl methyl sites for hydroxylation is 1. The van der Waals surface area contributed by atoms with Gasteiger partial charge in [0.2, 0.25) is 0 Å². The highest BCUT2D eigenvalue weighted by molar-refractivity contribution is 5.66. The highest BCUT2D eigenvalue weighted by atomic mass is 16.4. The Kier molecular flexibility index (Phi) is 3.60. The van der Waals surface area contributed by atoms with Gasteiger partial charge in [-0.05, 0) is 37.1 Å². The van der Waals surface area contributed by atoms with Gasteiger partial charge in [-0.25, -0.2) is 0 Å². The Hall–Kier alpha value is -2.03. The highest BCUT2D eigenvalue weighted by Gasteiger charge is 2.04. The predicted octanol–water partition coefficient (Wildman–Crippen LogP) is 2.88. The summed E-state index contributed by atoms with van der Waals surface area (Å²) in [6.07, 6.45) is 3.69. The number of para-hydroxylation sites is 1. The fourth-order valence-corrected chi connectivity index (χ4v) is 1.88. The molecule has 0 radical (unpaired) electrons. The first-order valence-corrected chi connectivity index (χ1v) is 5.71. The van der Waals surface area contributed by atoms with Crippen molar-refractivity contribution < 1.29 is 9.90 Å². The number of aliphatic carboxylic acids is 1. The Morgan fingerprint density at radius 2 is 1.88 bits per heavy atom. The van der Waals surface area contributed by atoms with Crippen LogP contribution in [0.15, 0.2) is 48.7 Å². The van der Waals surface area contributed by atoms with Gasteiger partial charge in [0.1, 0.15) is 0 Å². The summed E-state index contributed by atoms with van der Waals surface area (Å²) in [4.78, 5) is 10.5. The zero-order valence-corrected chi connectivity index (χ0v) is 9.54. The smallest absolute Gasteiger partial charge is 0.303 e. The van der Waals surface area contributed by atoms with E-state index in [9.17, 15) is 4.79 Å². The Bertz CT molecular complexity index is 488. The second-order valence-electron chi connectivity index (χ2n) is 3.95. The van der Waals surface area contributed by atoms with E-state index in [1.54, 1.807) is 0 Å². The zero-order valence-electron chi connectivity index (χ0n) is 9.54. The maximum absolute atomic E-state index is 10.5. The lowest BCUT2D eigenvalue weighted by atomic mass is 10.2. The summed E-state index contributed by atoms with van der Waals surface area (Å²) in [5.41, 5.74) is 2.26. The molecule has 3 nitrogen and oxygen atoms in total. The molecule has 17 heavy (non-hydrogen) atoms. The van der Waals surface area contributed by atoms with E-state index in [1.165, 1.54) is 0 Å². The molecule has 1 aromatic carbocycles. The first kappa shape index (κ1) is 11.5. The SMILES string of the molecule is O=C(O)CCCc1cccn1-c1ccccc1. The van der Waals surface area contributed by atoms with Crippen LogP contribution in [0.2, 0.25) is 0 Å². The largest absolute Gasteiger partial charge is 0.481 e. The van der Waals surface area contributed by atoms with Crippen LogP contribution < -0.4 is 0 Å². The molecular formula is C14H15NO2. The van der Waals surface area contributed by atoms with Crippen molar-refractivity contribution in [2.75, 3.05) is 0 Å². The monoisotopic (exact) mass is 229 g/mol. The Morgan fingerprint density at radius 1 is 1.12 bits per heavy atom. The molecule has 0 bridgehead atoms. The van der Waals surface area contributed by atoms with Gasteiger partial charge >= 0.3 is 5.97 Å². The quantitative estimate of drug-likeness (QED) is 0.856. The normalized spacial score (nSPS) is 10.4. The number of carbonyl (C=O) groups is 1. The van der Waals surface area contributed by atoms with Crippen molar-refractivity contribution >= 4 is 5.97 Å². The average Bonchev–Trinajstić information content (AvgIpc) is 2.78. The summed E-state index contributed by atoms with van der Waals surface area (Å²) in [6.45, 7) is 0. The number of benzene rings is 1. The molecule has 0 amide bonds. The molecule has 0 unspecified atom stereocenters. The van der Waals surface area contributed by atoms with Crippen LogP contribution in [-0.2, 0) is 11.2 Å². The van der Waals surface area contributed by atoms with Gasteiger partial charge in [-0.3, -0.25) is 4.79 Å². The zero-order chi connectivity index (χ0) is 12.1. The molecule has 0 fully saturated rings. The Morgan fingerprint density at radius 3 is 2.59 bits per heavy atom. The third-order valence-electron chi connectivity index (χ3n) is 2.69. The molecule has 2 rings (SSSR count). The predicted molar refractivity (Wildman–Crippen MR) is 66.3 cm³/mol. The molecule has 3 heteroatoms. The Labute approximate surface area is 100 Å². The van der Waals surface area contributed by atoms with Gasteiger partial charge < -0.3 is 9.67 Å². The number of nitrogens with zero attached hydrogens (tertiary/aromatic N) is 1. The topological polar surface area (TPSA) is 42.2 Å². The highest BCUT2D eigenvalue weighted by Crippen LogP contribution is 2.14. The summed E-state index contributed by atoms with van der Waals surface area (Å²) in [7, 11) is 0. The van der Waals surface area contributed by atoms with E-state index >= 15 is 0 Å². The maximum atomic E-state index is 10.5. The van der Waals surface area contributed by atoms with Gasteiger partial charge in [-0.1, -0.05) is 18.2 Å². The van der Waals surface area contributed by atoms with Crippen molar-refractivity contribution in [3.8, 4) is 5.69 Å². The number of carboxylic acid groups (broad SMARTS) is 1. The van der Waals surface area contributed by atoms with Crippen LogP contribution in [-0.4, -0.2) is 15.6 Å². The van der Waals surface area contributed by atoms with E-state index in [4.69, 9.17) is 5.11 Å². The van der Waals surface area contributed by atoms with Crippen molar-refractivity contribution in [1.82, 2.24) is 4.57 Å². The van der Waals surface area contributed by atoms with Crippen molar-refractivity contribution in [1.29, 1.82) is 0 Å². The van der Waals surface area contributed by atoms with Gasteiger partial charge in [0.15, 0.2) is 0 Å². The lowest BCUT2D eigenvalue weighted by Crippen LogP contribution is -2.01. The summed E-state index contributed by atoms with van der Waals surface area (Å²) < 4.78 is 2.10. The van der Waals surface area contributed by atoms with Crippen LogP contribution in [0.5, 0.6) is 0 Å². The molecule has 0 saturated carbocycles. The molecule has 1 heterocycles. The van der Waals surface area contributed by atoms with Crippen molar-refractivity contribution in [2.24, 2.45) is 0 Å². The first-order chi connectivity index (χ1) is 8.27. The third-order valence-corrected chi connectivity index (χ3v) is 2.69. The molecule has 0 aliphatic heterocycles. The van der Waals surface area contributed by atoms with Crippen LogP contribution in [0.4, 0.5) is 0 Å². The average molecular weight is 229 g/mol. The second kappa shape index (κ2) is 5.34. The van der Waals surface area contributed by atoms with Crippen molar-refractivity contribution in [3.63, 3.8) is 0 Å². The minimum Gasteiger partial charge on any atom is -0.481 e. The van der Waals surface area contributed by atoms with Crippen LogP contribution in [0, 0.1) is 0 Å². The first-order valence-electron chi connectivity index (χ1n) is 5.71. The van der Waals surface area contributed by atoms with Crippen LogP contribution >= 0.6 is 0 Å². The molecule has 1 N–H and O–H groups in total. The Balaban J connectivity index is 2.10. The van der Waals surface area contributed by atoms with Gasteiger partial charge in [-0.2, -0.15) is 0 Å². The molecule has 2 aromatic rings. The van der Waals surface area contributed by atoms with Crippen LogP contribution in [0.25, 0.3) is 5.69 Å². The van der Waals surface area contributed by atoms with Gasteiger partial charge in [-0.15, -0.1) is 0 Å². The van der Waals surface area contributed by atoms with Gasteiger partial charge in [0, 0.05) is 24.0 Å². The lowest BCUT2D eigenvalue weighted by Gasteiger charge is -2.08. The fraction of sp³-hybridized carbons (Fsp3) is 0.214. The van der Waals surface area contributed by atoms with Crippen molar-refractivity contribution in [3.05, 3.63) is 54.4 Å². The molecular weight excluding hydrogens is 214 g/mol. The summed E-state index contributed by atoms with van der Waals surface area (Å²) in [5.74, 6) is -0.734. The molecule has 0 aliphatic carbocycles. The van der Waals surface area contributed by atoms with E-state index in [-0.39, 0.29) is 6.42 Å². The summed E-state index contributed by atoms with van der Waals surface area (Å²) in [5, 5.41) is 8.62. The number of hydrogen-bond acceptors (Lipinski definition) is 1. The van der Waals surface area contributed by atoms with Crippen LogP contribution in [0.1, 0.15) is 18.5 Å². The molecule has 0 aliphatic rings. The van der Waals surface area contributed by atoms with E-state index in [1.807, 2.05) is 48.7 Å². The lowest BCUT2D eigenvalue weighted by molar-refractivity contribution is -0.137. The maximum Gasteiger partial charge on any atom is 0.303 e. The third kappa shape index (κ3) is 2.97. The fourth-order valence-electron chi connectivity index (χ4n) is 1.88. The van der Waals surface area contributed by atoms with E-state index < -0.39 is 5.97 Å². The molecule has 0 saturated heterocycles. The summed E-state index contributed by atoms with van der Waals surface area (Å²) in [6, 6.07) is 14.1. The van der Waals surface area contributed by atoms with Crippen molar-refractivity contribution in [2.45, 2.75) is 19.3 Å². The van der Waals surface area contributed by atoms with E-state index in [0.717, 1.165) is 17.8 Å². The minimum atomic E-state index is -0.734. The minimum absolute atomic E-state index is 0.222. The van der Waals surface area contributed by atoms with E-state index in [2.05, 4.69) is 4.57 Å². The molecule has 1 aromatic heterocycles. The van der Waals surface area contributed by atoms with Gasteiger partial charge in [0.25, 0.3) is 0 Å². The number of rotatable bonds is 5.